The van der Waals surface area contributed by atoms with Crippen molar-refractivity contribution >= 4 is 0 Å². The molecule has 0 N–H and O–H groups in total. The van der Waals surface area contributed by atoms with Gasteiger partial charge in [-0.05, 0) is 134 Å². The fraction of sp³-hybridized carbons (Fsp3) is 0.188. The van der Waals surface area contributed by atoms with Gasteiger partial charge in [-0.1, -0.05) is 202 Å². The Morgan fingerprint density at radius 3 is 1.32 bits per heavy atom. The molecule has 1 aromatic heterocycles. The van der Waals surface area contributed by atoms with Gasteiger partial charge in [0.05, 0.1) is 11.4 Å². The Bertz CT molecular complexity index is 3280. The van der Waals surface area contributed by atoms with Crippen LogP contribution in [0, 0.1) is 0 Å². The van der Waals surface area contributed by atoms with Crippen LogP contribution in [-0.4, -0.2) is 9.97 Å². The fourth-order valence-corrected chi connectivity index (χ4v) is 12.7. The lowest BCUT2D eigenvalue weighted by Gasteiger charge is -2.37. The van der Waals surface area contributed by atoms with E-state index in [0.717, 1.165) is 33.9 Å². The third-order valence-electron chi connectivity index (χ3n) is 15.9. The Hall–Kier alpha value is -7.16. The molecule has 0 bridgehead atoms. The van der Waals surface area contributed by atoms with Gasteiger partial charge in [0.1, 0.15) is 0 Å². The van der Waals surface area contributed by atoms with Crippen molar-refractivity contribution in [2.24, 2.45) is 0 Å². The molecule has 0 aliphatic heterocycles. The van der Waals surface area contributed by atoms with Crippen molar-refractivity contribution in [1.29, 1.82) is 0 Å². The van der Waals surface area contributed by atoms with Crippen molar-refractivity contribution < 1.29 is 0 Å². The molecule has 4 aliphatic carbocycles. The average Bonchev–Trinajstić information content (AvgIpc) is 3.80. The van der Waals surface area contributed by atoms with E-state index in [1.54, 1.807) is 22.3 Å². The summed E-state index contributed by atoms with van der Waals surface area (Å²) in [5, 5.41) is 0. The highest BCUT2D eigenvalue weighted by Gasteiger charge is 2.49. The maximum Gasteiger partial charge on any atom is 0.160 e. The maximum atomic E-state index is 5.17. The zero-order valence-electron chi connectivity index (χ0n) is 37.4. The van der Waals surface area contributed by atoms with E-state index in [0.29, 0.717) is 0 Å². The molecule has 2 fully saturated rings. The van der Waals surface area contributed by atoms with E-state index in [4.69, 9.17) is 9.97 Å². The smallest absolute Gasteiger partial charge is 0.160 e. The van der Waals surface area contributed by atoms with Gasteiger partial charge in [0.15, 0.2) is 5.82 Å². The van der Waals surface area contributed by atoms with Gasteiger partial charge in [0.2, 0.25) is 0 Å². The van der Waals surface area contributed by atoms with Gasteiger partial charge in [-0.15, -0.1) is 0 Å². The van der Waals surface area contributed by atoms with Crippen LogP contribution in [0.15, 0.2) is 194 Å². The van der Waals surface area contributed by atoms with Gasteiger partial charge >= 0.3 is 0 Å². The lowest BCUT2D eigenvalue weighted by atomic mass is 9.66. The molecular weight excluding hydrogens is 797 g/mol. The largest absolute Gasteiger partial charge is 0.228 e. The molecule has 0 saturated heterocycles. The molecule has 13 rings (SSSR count). The number of hydrogen-bond donors (Lipinski definition) is 0. The first-order chi connectivity index (χ1) is 32.6. The number of benzene rings is 8. The summed E-state index contributed by atoms with van der Waals surface area (Å²) in [6.45, 7) is 0. The highest BCUT2D eigenvalue weighted by Crippen LogP contribution is 2.62. The molecule has 9 aromatic rings. The Kier molecular flexibility index (Phi) is 9.38. The minimum Gasteiger partial charge on any atom is -0.228 e. The number of aromatic nitrogens is 2. The van der Waals surface area contributed by atoms with Crippen LogP contribution in [0.1, 0.15) is 86.5 Å². The van der Waals surface area contributed by atoms with E-state index < -0.39 is 0 Å². The zero-order valence-corrected chi connectivity index (χ0v) is 37.4. The van der Waals surface area contributed by atoms with Crippen LogP contribution in [0.25, 0.3) is 89.5 Å². The summed E-state index contributed by atoms with van der Waals surface area (Å²) in [4.78, 5) is 10.3. The Labute approximate surface area is 389 Å². The summed E-state index contributed by atoms with van der Waals surface area (Å²) in [5.41, 5.74) is 24.9. The lowest BCUT2D eigenvalue weighted by Crippen LogP contribution is -2.29. The number of fused-ring (bicyclic) bond motifs is 10. The molecule has 0 unspecified atom stereocenters. The van der Waals surface area contributed by atoms with E-state index in [2.05, 4.69) is 188 Å². The quantitative estimate of drug-likeness (QED) is 0.167. The van der Waals surface area contributed by atoms with Gasteiger partial charge in [-0.3, -0.25) is 0 Å². The van der Waals surface area contributed by atoms with Crippen molar-refractivity contribution in [2.45, 2.75) is 75.0 Å². The molecule has 0 amide bonds. The highest BCUT2D eigenvalue weighted by atomic mass is 14.9. The molecule has 2 heteroatoms. The second-order valence-corrected chi connectivity index (χ2v) is 19.5. The maximum absolute atomic E-state index is 5.17. The van der Waals surface area contributed by atoms with Crippen LogP contribution in [0.4, 0.5) is 0 Å². The molecular formula is C64H52N2. The topological polar surface area (TPSA) is 25.8 Å². The summed E-state index contributed by atoms with van der Waals surface area (Å²) >= 11 is 0. The first kappa shape index (κ1) is 39.2. The van der Waals surface area contributed by atoms with Crippen molar-refractivity contribution in [3.05, 3.63) is 216 Å². The first-order valence-corrected chi connectivity index (χ1v) is 24.4. The Morgan fingerprint density at radius 2 is 0.682 bits per heavy atom. The summed E-state index contributed by atoms with van der Waals surface area (Å²) in [6, 6.07) is 72.0. The van der Waals surface area contributed by atoms with Crippen LogP contribution < -0.4 is 0 Å². The van der Waals surface area contributed by atoms with Crippen molar-refractivity contribution in [3.63, 3.8) is 0 Å². The van der Waals surface area contributed by atoms with E-state index in [-0.39, 0.29) is 10.8 Å². The lowest BCUT2D eigenvalue weighted by molar-refractivity contribution is 0.350. The van der Waals surface area contributed by atoms with Gasteiger partial charge in [0.25, 0.3) is 0 Å². The molecule has 66 heavy (non-hydrogen) atoms. The second-order valence-electron chi connectivity index (χ2n) is 19.5. The SMILES string of the molecule is c1ccc(-c2ccc(-c3cc(-c4cccc(-c5ccc(-c6ccc7c(c6)-c6cc8c(cc6C76CCCCC6)-c6ccccc6C86CCCCC6)cc5)c4)nc(-c4ccccc4)n3)cc2)cc1. The van der Waals surface area contributed by atoms with Gasteiger partial charge < -0.3 is 0 Å². The van der Waals surface area contributed by atoms with Gasteiger partial charge in [-0.25, -0.2) is 9.97 Å². The molecule has 2 saturated carbocycles. The minimum absolute atomic E-state index is 0.113. The van der Waals surface area contributed by atoms with E-state index >= 15 is 0 Å². The molecule has 2 nitrogen and oxygen atoms in total. The molecule has 0 radical (unpaired) electrons. The Morgan fingerprint density at radius 1 is 0.258 bits per heavy atom. The normalized spacial score (nSPS) is 16.1. The van der Waals surface area contributed by atoms with Crippen LogP contribution in [0.5, 0.6) is 0 Å². The van der Waals surface area contributed by atoms with E-state index in [1.807, 2.05) is 6.07 Å². The van der Waals surface area contributed by atoms with Gasteiger partial charge in [-0.2, -0.15) is 0 Å². The average molecular weight is 849 g/mol. The molecule has 8 aromatic carbocycles. The standard InChI is InChI=1S/C64H52N2/c1-5-16-43(17-6-1)44-28-30-47(31-29-44)60-42-61(66-62(65-60)48-18-7-2-8-19-48)51-21-15-20-49(38-51)45-24-26-46(27-25-45)50-32-33-57-53(39-50)55-41-58-54(40-59(55)64(57)36-13-4-14-37-64)52-22-9-10-23-56(52)63(58)34-11-3-12-35-63/h1-2,5-10,15-33,38-42H,3-4,11-14,34-37H2. The Balaban J connectivity index is 0.847. The predicted molar refractivity (Wildman–Crippen MR) is 273 cm³/mol. The van der Waals surface area contributed by atoms with Crippen LogP contribution >= 0.6 is 0 Å². The molecule has 4 aliphatic rings. The summed E-state index contributed by atoms with van der Waals surface area (Å²) in [6.07, 6.45) is 13.0. The van der Waals surface area contributed by atoms with Crippen LogP contribution in [-0.2, 0) is 10.8 Å². The fourth-order valence-electron chi connectivity index (χ4n) is 12.7. The molecule has 0 atom stereocenters. The highest BCUT2D eigenvalue weighted by molar-refractivity contribution is 5.92. The summed E-state index contributed by atoms with van der Waals surface area (Å²) in [5.74, 6) is 0.722. The number of hydrogen-bond acceptors (Lipinski definition) is 2. The van der Waals surface area contributed by atoms with Crippen LogP contribution in [0.3, 0.4) is 0 Å². The number of rotatable bonds is 6. The van der Waals surface area contributed by atoms with Gasteiger partial charge in [0, 0.05) is 27.5 Å². The third kappa shape index (κ3) is 6.37. The van der Waals surface area contributed by atoms with Crippen LogP contribution in [0.2, 0.25) is 0 Å². The molecule has 2 spiro atoms. The van der Waals surface area contributed by atoms with Crippen molar-refractivity contribution in [3.8, 4) is 89.5 Å². The summed E-state index contributed by atoms with van der Waals surface area (Å²) in [7, 11) is 0. The molecule has 318 valence electrons. The zero-order chi connectivity index (χ0) is 43.7. The predicted octanol–water partition coefficient (Wildman–Crippen LogP) is 16.9. The van der Waals surface area contributed by atoms with Crippen molar-refractivity contribution in [2.75, 3.05) is 0 Å². The summed E-state index contributed by atoms with van der Waals surface area (Å²) < 4.78 is 0. The monoisotopic (exact) mass is 848 g/mol. The third-order valence-corrected chi connectivity index (χ3v) is 15.9. The second kappa shape index (κ2) is 15.8. The first-order valence-electron chi connectivity index (χ1n) is 24.4. The van der Waals surface area contributed by atoms with E-state index in [1.165, 1.54) is 120 Å². The molecule has 1 heterocycles. The number of nitrogens with zero attached hydrogens (tertiary/aromatic N) is 2. The van der Waals surface area contributed by atoms with E-state index in [9.17, 15) is 0 Å². The minimum atomic E-state index is 0.113. The van der Waals surface area contributed by atoms with Crippen molar-refractivity contribution in [1.82, 2.24) is 9.97 Å².